The van der Waals surface area contributed by atoms with Gasteiger partial charge in [0.25, 0.3) is 0 Å². The average Bonchev–Trinajstić information content (AvgIpc) is 2.36. The van der Waals surface area contributed by atoms with Gasteiger partial charge in [-0.05, 0) is 26.2 Å². The van der Waals surface area contributed by atoms with E-state index in [1.54, 1.807) is 0 Å². The Morgan fingerprint density at radius 1 is 1.75 bits per heavy atom. The van der Waals surface area contributed by atoms with Crippen molar-refractivity contribution in [2.45, 2.75) is 38.0 Å². The van der Waals surface area contributed by atoms with Gasteiger partial charge in [-0.2, -0.15) is 0 Å². The number of halogens is 1. The smallest absolute Gasteiger partial charge is 0.136 e. The van der Waals surface area contributed by atoms with Crippen LogP contribution in [0.3, 0.4) is 0 Å². The highest BCUT2D eigenvalue weighted by molar-refractivity contribution is 6.21. The van der Waals surface area contributed by atoms with E-state index in [4.69, 9.17) is 11.6 Å². The molecule has 1 unspecified atom stereocenters. The first-order valence-electron chi connectivity index (χ1n) is 4.53. The maximum Gasteiger partial charge on any atom is 0.136 e. The number of alkyl halides is 1. The van der Waals surface area contributed by atoms with Crippen molar-refractivity contribution in [3.63, 3.8) is 0 Å². The summed E-state index contributed by atoms with van der Waals surface area (Å²) in [6.45, 7) is 1.93. The molecule has 1 fully saturated rings. The monoisotopic (exact) mass is 186 g/mol. The third-order valence-electron chi connectivity index (χ3n) is 2.25. The van der Waals surface area contributed by atoms with Gasteiger partial charge in [0.15, 0.2) is 0 Å². The molecule has 0 aromatic rings. The first kappa shape index (κ1) is 9.79. The van der Waals surface area contributed by atoms with E-state index in [-0.39, 0.29) is 11.3 Å². The van der Waals surface area contributed by atoms with Crippen LogP contribution in [0.2, 0.25) is 0 Å². The number of hydrogen-bond donors (Lipinski definition) is 0. The van der Waals surface area contributed by atoms with Crippen LogP contribution >= 0.6 is 11.6 Å². The zero-order valence-electron chi connectivity index (χ0n) is 7.42. The van der Waals surface area contributed by atoms with E-state index in [1.165, 1.54) is 0 Å². The quantitative estimate of drug-likeness (QED) is 0.489. The molecule has 1 aliphatic carbocycles. The zero-order chi connectivity index (χ0) is 8.97. The molecule has 2 atom stereocenters. The second kappa shape index (κ2) is 4.66. The molecule has 1 saturated carbocycles. The number of Topliss-reactive ketones (excluding diaryl/α,β-unsaturated/α-hetero) is 1. The van der Waals surface area contributed by atoms with Gasteiger partial charge in [-0.25, -0.2) is 0 Å². The number of ketones is 1. The molecule has 2 heteroatoms. The van der Waals surface area contributed by atoms with Gasteiger partial charge in [0.1, 0.15) is 5.78 Å². The summed E-state index contributed by atoms with van der Waals surface area (Å²) in [4.78, 5) is 11.2. The van der Waals surface area contributed by atoms with Gasteiger partial charge in [0.2, 0.25) is 0 Å². The summed E-state index contributed by atoms with van der Waals surface area (Å²) >= 11 is 5.73. The first-order valence-corrected chi connectivity index (χ1v) is 4.97. The Morgan fingerprint density at radius 3 is 3.00 bits per heavy atom. The number of rotatable bonds is 3. The fraction of sp³-hybridized carbons (Fsp3) is 0.700. The fourth-order valence-corrected chi connectivity index (χ4v) is 1.67. The number of carbonyl (C=O) groups is 1. The summed E-state index contributed by atoms with van der Waals surface area (Å²) in [5.41, 5.74) is 0. The molecule has 68 valence electrons. The van der Waals surface area contributed by atoms with Crippen LogP contribution in [0.4, 0.5) is 0 Å². The molecule has 0 N–H and O–H groups in total. The van der Waals surface area contributed by atoms with Gasteiger partial charge in [-0.15, -0.1) is 11.6 Å². The van der Waals surface area contributed by atoms with Crippen molar-refractivity contribution in [3.05, 3.63) is 12.2 Å². The minimum absolute atomic E-state index is 0.0847. The summed E-state index contributed by atoms with van der Waals surface area (Å²) in [6.07, 6.45) is 7.80. The van der Waals surface area contributed by atoms with Crippen LogP contribution in [0.1, 0.15) is 32.6 Å². The van der Waals surface area contributed by atoms with Crippen molar-refractivity contribution >= 4 is 17.4 Å². The highest BCUT2D eigenvalue weighted by Gasteiger charge is 2.22. The Morgan fingerprint density at radius 2 is 2.50 bits per heavy atom. The molecule has 0 aromatic heterocycles. The van der Waals surface area contributed by atoms with E-state index < -0.39 is 0 Å². The second-order valence-corrected chi connectivity index (χ2v) is 4.09. The third kappa shape index (κ3) is 2.98. The highest BCUT2D eigenvalue weighted by atomic mass is 35.5. The Hall–Kier alpha value is -0.300. The molecule has 0 saturated heterocycles. The van der Waals surface area contributed by atoms with E-state index in [1.807, 2.05) is 19.1 Å². The van der Waals surface area contributed by atoms with Crippen molar-refractivity contribution in [1.82, 2.24) is 0 Å². The van der Waals surface area contributed by atoms with Crippen LogP contribution in [-0.2, 0) is 4.79 Å². The lowest BCUT2D eigenvalue weighted by Gasteiger charge is -2.02. The average molecular weight is 187 g/mol. The van der Waals surface area contributed by atoms with Gasteiger partial charge in [0.05, 0.1) is 0 Å². The number of allylic oxidation sites excluding steroid dienone is 2. The van der Waals surface area contributed by atoms with Crippen LogP contribution in [0.25, 0.3) is 0 Å². The van der Waals surface area contributed by atoms with Gasteiger partial charge in [-0.3, -0.25) is 4.79 Å². The second-order valence-electron chi connectivity index (χ2n) is 3.40. The van der Waals surface area contributed by atoms with Crippen molar-refractivity contribution in [2.24, 2.45) is 5.92 Å². The Balaban J connectivity index is 2.27. The molecule has 0 bridgehead atoms. The maximum atomic E-state index is 11.2. The Kier molecular flexibility index (Phi) is 3.80. The largest absolute Gasteiger partial charge is 0.299 e. The van der Waals surface area contributed by atoms with Crippen molar-refractivity contribution < 1.29 is 4.79 Å². The van der Waals surface area contributed by atoms with Crippen LogP contribution in [-0.4, -0.2) is 11.2 Å². The van der Waals surface area contributed by atoms with Crippen LogP contribution in [0.5, 0.6) is 0 Å². The van der Waals surface area contributed by atoms with Gasteiger partial charge in [0, 0.05) is 17.7 Å². The standard InChI is InChI=1S/C10H15ClO/c1-8(11)4-2-5-9-6-3-7-10(9)12/h2,4,8-9H,3,5-7H2,1H3/t8-,9?/m0/s1. The Bertz CT molecular complexity index is 184. The summed E-state index contributed by atoms with van der Waals surface area (Å²) in [7, 11) is 0. The molecule has 0 aliphatic heterocycles. The molecule has 0 spiro atoms. The molecule has 0 amide bonds. The predicted octanol–water partition coefficient (Wildman–Crippen LogP) is 2.93. The highest BCUT2D eigenvalue weighted by Crippen LogP contribution is 2.24. The molecule has 1 rings (SSSR count). The molecule has 12 heavy (non-hydrogen) atoms. The molecule has 0 radical (unpaired) electrons. The van der Waals surface area contributed by atoms with E-state index in [0.29, 0.717) is 5.78 Å². The molecular weight excluding hydrogens is 172 g/mol. The van der Waals surface area contributed by atoms with Crippen LogP contribution in [0, 0.1) is 5.92 Å². The minimum atomic E-state index is 0.0847. The fourth-order valence-electron chi connectivity index (χ4n) is 1.57. The van der Waals surface area contributed by atoms with Crippen LogP contribution < -0.4 is 0 Å². The van der Waals surface area contributed by atoms with E-state index in [0.717, 1.165) is 25.7 Å². The first-order chi connectivity index (χ1) is 5.70. The van der Waals surface area contributed by atoms with Crippen molar-refractivity contribution in [1.29, 1.82) is 0 Å². The third-order valence-corrected chi connectivity index (χ3v) is 2.40. The van der Waals surface area contributed by atoms with E-state index in [9.17, 15) is 4.79 Å². The normalized spacial score (nSPS) is 26.8. The minimum Gasteiger partial charge on any atom is -0.299 e. The SMILES string of the molecule is C[C@H](Cl)C=CCC1CCCC1=O. The topological polar surface area (TPSA) is 17.1 Å². The molecular formula is C10H15ClO. The van der Waals surface area contributed by atoms with E-state index >= 15 is 0 Å². The summed E-state index contributed by atoms with van der Waals surface area (Å²) in [5, 5.41) is 0.0847. The van der Waals surface area contributed by atoms with Gasteiger partial charge < -0.3 is 0 Å². The summed E-state index contributed by atoms with van der Waals surface area (Å²) < 4.78 is 0. The maximum absolute atomic E-state index is 11.2. The lowest BCUT2D eigenvalue weighted by molar-refractivity contribution is -0.120. The van der Waals surface area contributed by atoms with Gasteiger partial charge >= 0.3 is 0 Å². The molecule has 0 heterocycles. The van der Waals surface area contributed by atoms with Crippen molar-refractivity contribution in [3.8, 4) is 0 Å². The predicted molar refractivity (Wildman–Crippen MR) is 51.4 cm³/mol. The lowest BCUT2D eigenvalue weighted by Crippen LogP contribution is -2.04. The number of hydrogen-bond acceptors (Lipinski definition) is 1. The van der Waals surface area contributed by atoms with E-state index in [2.05, 4.69) is 0 Å². The Labute approximate surface area is 78.8 Å². The number of carbonyl (C=O) groups excluding carboxylic acids is 1. The van der Waals surface area contributed by atoms with Crippen molar-refractivity contribution in [2.75, 3.05) is 0 Å². The molecule has 1 aliphatic rings. The zero-order valence-corrected chi connectivity index (χ0v) is 8.18. The van der Waals surface area contributed by atoms with Gasteiger partial charge in [-0.1, -0.05) is 12.2 Å². The van der Waals surface area contributed by atoms with Crippen LogP contribution in [0.15, 0.2) is 12.2 Å². The molecule has 1 nitrogen and oxygen atoms in total. The lowest BCUT2D eigenvalue weighted by atomic mass is 10.0. The summed E-state index contributed by atoms with van der Waals surface area (Å²) in [5.74, 6) is 0.721. The summed E-state index contributed by atoms with van der Waals surface area (Å²) in [6, 6.07) is 0. The molecule has 0 aromatic carbocycles.